The van der Waals surface area contributed by atoms with E-state index in [9.17, 15) is 4.79 Å². The van der Waals surface area contributed by atoms with Gasteiger partial charge in [0.1, 0.15) is 0 Å². The Morgan fingerprint density at radius 1 is 1.00 bits per heavy atom. The maximum absolute atomic E-state index is 14.0. The maximum Gasteiger partial charge on any atom is 0.267 e. The fourth-order valence-corrected chi connectivity index (χ4v) is 7.15. The van der Waals surface area contributed by atoms with Gasteiger partial charge < -0.3 is 4.57 Å². The van der Waals surface area contributed by atoms with Gasteiger partial charge in [-0.3, -0.25) is 9.69 Å². The second kappa shape index (κ2) is 11.2. The van der Waals surface area contributed by atoms with Gasteiger partial charge in [-0.1, -0.05) is 85.4 Å². The largest absolute Gasteiger partial charge is 0.342 e. The lowest BCUT2D eigenvalue weighted by Crippen LogP contribution is -2.44. The minimum atomic E-state index is 0.0472. The van der Waals surface area contributed by atoms with Crippen LogP contribution in [-0.2, 0) is 11.3 Å². The number of hydrogen-bond acceptors (Lipinski definition) is 3. The molecule has 6 rings (SSSR count). The second-order valence-electron chi connectivity index (χ2n) is 10.3. The van der Waals surface area contributed by atoms with Crippen LogP contribution in [0.4, 0.5) is 5.69 Å². The van der Waals surface area contributed by atoms with E-state index in [0.717, 1.165) is 52.1 Å². The van der Waals surface area contributed by atoms with E-state index in [0.29, 0.717) is 27.4 Å². The minimum Gasteiger partial charge on any atom is -0.342 e. The Labute approximate surface area is 243 Å². The average molecular weight is 575 g/mol. The first-order valence-corrected chi connectivity index (χ1v) is 14.9. The number of halogens is 2. The number of para-hydroxylation sites is 2. The van der Waals surface area contributed by atoms with Crippen molar-refractivity contribution in [3.05, 3.63) is 105 Å². The van der Waals surface area contributed by atoms with Gasteiger partial charge in [-0.05, 0) is 72.5 Å². The number of carbonyl (C=O) groups is 1. The van der Waals surface area contributed by atoms with Gasteiger partial charge in [-0.15, -0.1) is 0 Å². The number of aliphatic imine (C=N–C) groups is 1. The molecule has 0 N–H and O–H groups in total. The van der Waals surface area contributed by atoms with Crippen LogP contribution in [-0.4, -0.2) is 26.6 Å². The SMILES string of the molecule is C[C@H]1CCCC[C@@H]1N1C(=O)/C(=C/c2cn(Cc3ccc(Cl)cc3Cl)c3ccccc23)SC1=Nc1ccccc1. The van der Waals surface area contributed by atoms with Crippen molar-refractivity contribution in [2.45, 2.75) is 45.2 Å². The standard InChI is InChI=1S/C32H29Cl2N3OS/c1-21-9-5-7-13-28(21)37-31(38)30(39-32(37)35-25-10-3-2-4-11-25)17-23-20-36(29-14-8-6-12-26(23)29)19-22-15-16-24(33)18-27(22)34/h2-4,6,8,10-12,14-18,20-21,28H,5,7,9,13,19H2,1H3/b30-17-,35-32?/t21-,28-/m0/s1. The van der Waals surface area contributed by atoms with Crippen molar-refractivity contribution in [1.29, 1.82) is 0 Å². The molecule has 0 spiro atoms. The van der Waals surface area contributed by atoms with Crippen LogP contribution >= 0.6 is 35.0 Å². The predicted octanol–water partition coefficient (Wildman–Crippen LogP) is 9.18. The normalized spacial score (nSPS) is 21.9. The molecular formula is C32H29Cl2N3OS. The Bertz CT molecular complexity index is 1590. The van der Waals surface area contributed by atoms with Crippen molar-refractivity contribution in [1.82, 2.24) is 9.47 Å². The van der Waals surface area contributed by atoms with Crippen molar-refractivity contribution >= 4 is 68.7 Å². The summed E-state index contributed by atoms with van der Waals surface area (Å²) in [7, 11) is 0. The summed E-state index contributed by atoms with van der Waals surface area (Å²) >= 11 is 14.1. The third-order valence-electron chi connectivity index (χ3n) is 7.68. The van der Waals surface area contributed by atoms with Crippen LogP contribution in [0.5, 0.6) is 0 Å². The van der Waals surface area contributed by atoms with Crippen LogP contribution in [0.2, 0.25) is 10.0 Å². The third-order valence-corrected chi connectivity index (χ3v) is 9.25. The summed E-state index contributed by atoms with van der Waals surface area (Å²) in [5, 5.41) is 3.12. The summed E-state index contributed by atoms with van der Waals surface area (Å²) in [6.45, 7) is 2.87. The molecule has 1 aromatic heterocycles. The molecule has 7 heteroatoms. The van der Waals surface area contributed by atoms with Crippen LogP contribution in [0.25, 0.3) is 17.0 Å². The first-order chi connectivity index (χ1) is 19.0. The zero-order valence-corrected chi connectivity index (χ0v) is 24.0. The Morgan fingerprint density at radius 2 is 1.77 bits per heavy atom. The van der Waals surface area contributed by atoms with E-state index in [1.807, 2.05) is 65.6 Å². The molecule has 2 aliphatic rings. The highest BCUT2D eigenvalue weighted by Gasteiger charge is 2.41. The zero-order valence-electron chi connectivity index (χ0n) is 21.7. The van der Waals surface area contributed by atoms with Crippen LogP contribution in [0, 0.1) is 5.92 Å². The molecule has 1 aliphatic heterocycles. The predicted molar refractivity (Wildman–Crippen MR) is 165 cm³/mol. The number of hydrogen-bond donors (Lipinski definition) is 0. The number of benzene rings is 3. The van der Waals surface area contributed by atoms with Crippen molar-refractivity contribution in [2.75, 3.05) is 0 Å². The summed E-state index contributed by atoms with van der Waals surface area (Å²) in [5.74, 6) is 0.487. The Hall–Kier alpha value is -2.99. The quantitative estimate of drug-likeness (QED) is 0.223. The topological polar surface area (TPSA) is 37.6 Å². The Kier molecular flexibility index (Phi) is 7.57. The van der Waals surface area contributed by atoms with E-state index < -0.39 is 0 Å². The number of carbonyl (C=O) groups excluding carboxylic acids is 1. The summed E-state index contributed by atoms with van der Waals surface area (Å²) in [5.41, 5.74) is 3.94. The smallest absolute Gasteiger partial charge is 0.267 e. The van der Waals surface area contributed by atoms with Gasteiger partial charge in [-0.25, -0.2) is 4.99 Å². The number of nitrogens with zero attached hydrogens (tertiary/aromatic N) is 3. The monoisotopic (exact) mass is 573 g/mol. The average Bonchev–Trinajstić information content (AvgIpc) is 3.43. The van der Waals surface area contributed by atoms with Crippen molar-refractivity contribution < 1.29 is 4.79 Å². The molecule has 2 atom stereocenters. The molecule has 2 heterocycles. The fraction of sp³-hybridized carbons (Fsp3) is 0.250. The molecule has 198 valence electrons. The second-order valence-corrected chi connectivity index (χ2v) is 12.2. The van der Waals surface area contributed by atoms with Crippen molar-refractivity contribution in [3.8, 4) is 0 Å². The number of aromatic nitrogens is 1. The van der Waals surface area contributed by atoms with Crippen LogP contribution in [0.1, 0.15) is 43.7 Å². The summed E-state index contributed by atoms with van der Waals surface area (Å²) in [6.07, 6.45) is 8.65. The lowest BCUT2D eigenvalue weighted by atomic mass is 9.85. The van der Waals surface area contributed by atoms with E-state index in [1.165, 1.54) is 18.2 Å². The van der Waals surface area contributed by atoms with Gasteiger partial charge in [-0.2, -0.15) is 0 Å². The van der Waals surface area contributed by atoms with Gasteiger partial charge in [0.15, 0.2) is 5.17 Å². The zero-order chi connectivity index (χ0) is 26.9. The molecule has 1 aliphatic carbocycles. The van der Waals surface area contributed by atoms with Gasteiger partial charge >= 0.3 is 0 Å². The van der Waals surface area contributed by atoms with Gasteiger partial charge in [0.25, 0.3) is 5.91 Å². The summed E-state index contributed by atoms with van der Waals surface area (Å²) in [6, 6.07) is 23.9. The molecule has 39 heavy (non-hydrogen) atoms. The highest BCUT2D eigenvalue weighted by atomic mass is 35.5. The summed E-state index contributed by atoms with van der Waals surface area (Å²) in [4.78, 5) is 21.6. The van der Waals surface area contributed by atoms with Crippen LogP contribution in [0.15, 0.2) is 88.9 Å². The number of rotatable bonds is 5. The lowest BCUT2D eigenvalue weighted by molar-refractivity contribution is -0.124. The van der Waals surface area contributed by atoms with E-state index in [-0.39, 0.29) is 11.9 Å². The summed E-state index contributed by atoms with van der Waals surface area (Å²) < 4.78 is 2.18. The molecule has 1 saturated heterocycles. The Balaban J connectivity index is 1.40. The number of thioether (sulfide) groups is 1. The van der Waals surface area contributed by atoms with Crippen LogP contribution in [0.3, 0.4) is 0 Å². The van der Waals surface area contributed by atoms with E-state index in [2.05, 4.69) is 29.8 Å². The molecule has 3 aromatic carbocycles. The number of amides is 1. The van der Waals surface area contributed by atoms with Crippen molar-refractivity contribution in [3.63, 3.8) is 0 Å². The highest BCUT2D eigenvalue weighted by Crippen LogP contribution is 2.41. The first kappa shape index (κ1) is 26.2. The van der Waals surface area contributed by atoms with Gasteiger partial charge in [0, 0.05) is 45.3 Å². The van der Waals surface area contributed by atoms with Crippen LogP contribution < -0.4 is 0 Å². The van der Waals surface area contributed by atoms with Crippen molar-refractivity contribution in [2.24, 2.45) is 10.9 Å². The van der Waals surface area contributed by atoms with Gasteiger partial charge in [0.05, 0.1) is 10.6 Å². The maximum atomic E-state index is 14.0. The molecule has 2 fully saturated rings. The highest BCUT2D eigenvalue weighted by molar-refractivity contribution is 8.18. The third kappa shape index (κ3) is 5.41. The molecule has 4 aromatic rings. The molecule has 1 amide bonds. The van der Waals surface area contributed by atoms with E-state index >= 15 is 0 Å². The first-order valence-electron chi connectivity index (χ1n) is 13.4. The molecule has 4 nitrogen and oxygen atoms in total. The van der Waals surface area contributed by atoms with E-state index in [4.69, 9.17) is 28.2 Å². The van der Waals surface area contributed by atoms with Gasteiger partial charge in [0.2, 0.25) is 0 Å². The number of fused-ring (bicyclic) bond motifs is 1. The fourth-order valence-electron chi connectivity index (χ4n) is 5.65. The molecule has 0 radical (unpaired) electrons. The molecule has 0 unspecified atom stereocenters. The van der Waals surface area contributed by atoms with E-state index in [1.54, 1.807) is 6.07 Å². The number of amidine groups is 1. The Morgan fingerprint density at radius 3 is 2.56 bits per heavy atom. The molecule has 1 saturated carbocycles. The molecule has 0 bridgehead atoms. The molecular weight excluding hydrogens is 545 g/mol. The minimum absolute atomic E-state index is 0.0472. The lowest BCUT2D eigenvalue weighted by Gasteiger charge is -2.35.